The Morgan fingerprint density at radius 2 is 1.78 bits per heavy atom. The maximum absolute atomic E-state index is 13.4. The van der Waals surface area contributed by atoms with Crippen molar-refractivity contribution in [2.24, 2.45) is 0 Å². The Morgan fingerprint density at radius 1 is 1.00 bits per heavy atom. The molecule has 0 spiro atoms. The maximum atomic E-state index is 13.4. The second-order valence-corrected chi connectivity index (χ2v) is 9.59. The lowest BCUT2D eigenvalue weighted by Gasteiger charge is -2.20. The molecule has 3 aromatic heterocycles. The third-order valence-corrected chi connectivity index (χ3v) is 6.64. The fourth-order valence-corrected chi connectivity index (χ4v) is 4.53. The first-order valence-corrected chi connectivity index (χ1v) is 12.9. The van der Waals surface area contributed by atoms with Gasteiger partial charge >= 0.3 is 6.18 Å². The van der Waals surface area contributed by atoms with Crippen molar-refractivity contribution in [3.05, 3.63) is 101 Å². The van der Waals surface area contributed by atoms with Gasteiger partial charge in [-0.05, 0) is 60.9 Å². The summed E-state index contributed by atoms with van der Waals surface area (Å²) in [5, 5.41) is 4.29. The second kappa shape index (κ2) is 11.5. The van der Waals surface area contributed by atoms with Gasteiger partial charge in [0.1, 0.15) is 16.9 Å². The van der Waals surface area contributed by atoms with E-state index in [1.54, 1.807) is 47.9 Å². The van der Waals surface area contributed by atoms with Gasteiger partial charge in [-0.15, -0.1) is 0 Å². The lowest BCUT2D eigenvalue weighted by Crippen LogP contribution is -2.29. The molecular formula is C30H27F3N6O2. The molecule has 0 aliphatic carbocycles. The topological polar surface area (TPSA) is 86.0 Å². The molecule has 210 valence electrons. The zero-order valence-electron chi connectivity index (χ0n) is 22.7. The summed E-state index contributed by atoms with van der Waals surface area (Å²) in [6, 6.07) is 17.9. The van der Waals surface area contributed by atoms with Crippen LogP contribution in [0.2, 0.25) is 0 Å². The summed E-state index contributed by atoms with van der Waals surface area (Å²) in [5.74, 6) is 0.116. The molecule has 8 nitrogen and oxygen atoms in total. The molecule has 0 saturated carbocycles. The number of halogens is 3. The number of aromatic nitrogens is 5. The van der Waals surface area contributed by atoms with Crippen LogP contribution in [0.5, 0.6) is 0 Å². The number of aryl methyl sites for hydroxylation is 2. The lowest BCUT2D eigenvalue weighted by atomic mass is 10.1. The van der Waals surface area contributed by atoms with Gasteiger partial charge in [0.2, 0.25) is 0 Å². The van der Waals surface area contributed by atoms with Gasteiger partial charge in [-0.1, -0.05) is 30.3 Å². The van der Waals surface area contributed by atoms with Gasteiger partial charge in [-0.25, -0.2) is 15.0 Å². The zero-order valence-corrected chi connectivity index (χ0v) is 22.7. The SMILES string of the molecule is Cc1cc(-c2ncc3nc(C(F)(F)F)cc(C)c3n2)ccc1N(C)C(=O)c1ccnn1CCOCc1ccccc1. The number of benzene rings is 2. The van der Waals surface area contributed by atoms with E-state index >= 15 is 0 Å². The summed E-state index contributed by atoms with van der Waals surface area (Å²) in [4.78, 5) is 27.3. The summed E-state index contributed by atoms with van der Waals surface area (Å²) >= 11 is 0. The Kier molecular flexibility index (Phi) is 7.80. The highest BCUT2D eigenvalue weighted by atomic mass is 19.4. The van der Waals surface area contributed by atoms with E-state index in [1.807, 2.05) is 43.3 Å². The van der Waals surface area contributed by atoms with E-state index in [2.05, 4.69) is 20.1 Å². The van der Waals surface area contributed by atoms with Crippen LogP contribution in [0.15, 0.2) is 73.1 Å². The summed E-state index contributed by atoms with van der Waals surface area (Å²) in [5.41, 5.74) is 3.42. The van der Waals surface area contributed by atoms with Crippen molar-refractivity contribution in [3.8, 4) is 11.4 Å². The number of carbonyl (C=O) groups is 1. The van der Waals surface area contributed by atoms with Crippen LogP contribution in [-0.4, -0.2) is 44.3 Å². The number of fused-ring (bicyclic) bond motifs is 1. The van der Waals surface area contributed by atoms with Crippen LogP contribution in [0.3, 0.4) is 0 Å². The van der Waals surface area contributed by atoms with Gasteiger partial charge in [-0.3, -0.25) is 9.48 Å². The first-order valence-electron chi connectivity index (χ1n) is 12.9. The van der Waals surface area contributed by atoms with Crippen molar-refractivity contribution in [2.75, 3.05) is 18.6 Å². The molecule has 0 bridgehead atoms. The van der Waals surface area contributed by atoms with E-state index < -0.39 is 11.9 Å². The molecule has 11 heteroatoms. The molecule has 5 rings (SSSR count). The summed E-state index contributed by atoms with van der Waals surface area (Å²) in [6.07, 6.45) is -1.68. The molecule has 3 heterocycles. The minimum Gasteiger partial charge on any atom is -0.375 e. The van der Waals surface area contributed by atoms with Gasteiger partial charge in [0.05, 0.1) is 31.5 Å². The number of carbonyl (C=O) groups excluding carboxylic acids is 1. The minimum absolute atomic E-state index is 0.0711. The third kappa shape index (κ3) is 6.09. The smallest absolute Gasteiger partial charge is 0.375 e. The quantitative estimate of drug-likeness (QED) is 0.216. The molecule has 2 aromatic carbocycles. The second-order valence-electron chi connectivity index (χ2n) is 9.59. The monoisotopic (exact) mass is 560 g/mol. The maximum Gasteiger partial charge on any atom is 0.433 e. The van der Waals surface area contributed by atoms with Crippen molar-refractivity contribution >= 4 is 22.6 Å². The van der Waals surface area contributed by atoms with Crippen LogP contribution in [0.25, 0.3) is 22.4 Å². The van der Waals surface area contributed by atoms with Crippen molar-refractivity contribution in [1.29, 1.82) is 0 Å². The fourth-order valence-electron chi connectivity index (χ4n) is 4.53. The average Bonchev–Trinajstić information content (AvgIpc) is 3.43. The normalized spacial score (nSPS) is 11.7. The number of rotatable bonds is 8. The predicted octanol–water partition coefficient (Wildman–Crippen LogP) is 6.02. The molecule has 0 unspecified atom stereocenters. The molecule has 0 N–H and O–H groups in total. The Bertz CT molecular complexity index is 1700. The number of nitrogens with zero attached hydrogens (tertiary/aromatic N) is 6. The number of anilines is 1. The largest absolute Gasteiger partial charge is 0.433 e. The van der Waals surface area contributed by atoms with E-state index in [0.717, 1.165) is 17.2 Å². The molecular weight excluding hydrogens is 533 g/mol. The fraction of sp³-hybridized carbons (Fsp3) is 0.233. The molecule has 0 saturated heterocycles. The van der Waals surface area contributed by atoms with Crippen LogP contribution >= 0.6 is 0 Å². The van der Waals surface area contributed by atoms with E-state index in [0.29, 0.717) is 53.6 Å². The molecule has 1 amide bonds. The average molecular weight is 561 g/mol. The zero-order chi connectivity index (χ0) is 29.1. The van der Waals surface area contributed by atoms with Crippen LogP contribution in [0.1, 0.15) is 32.9 Å². The Hall–Kier alpha value is -4.64. The lowest BCUT2D eigenvalue weighted by molar-refractivity contribution is -0.141. The first-order chi connectivity index (χ1) is 19.6. The van der Waals surface area contributed by atoms with Crippen molar-refractivity contribution in [1.82, 2.24) is 24.7 Å². The highest BCUT2D eigenvalue weighted by Crippen LogP contribution is 2.31. The van der Waals surface area contributed by atoms with E-state index in [1.165, 1.54) is 6.20 Å². The highest BCUT2D eigenvalue weighted by Gasteiger charge is 2.33. The van der Waals surface area contributed by atoms with Crippen LogP contribution in [-0.2, 0) is 24.1 Å². The highest BCUT2D eigenvalue weighted by molar-refractivity contribution is 6.05. The minimum atomic E-state index is -4.55. The number of pyridine rings is 1. The molecule has 0 aliphatic heterocycles. The van der Waals surface area contributed by atoms with Crippen molar-refractivity contribution in [2.45, 2.75) is 33.2 Å². The molecule has 0 atom stereocenters. The standard InChI is InChI=1S/C30H27F3N6O2/c1-19-15-22(28-34-17-23-27(37-28)20(2)16-26(36-23)30(31,32)33)9-10-24(19)38(3)29(40)25-11-12-35-39(25)13-14-41-18-21-7-5-4-6-8-21/h4-12,15-17H,13-14,18H2,1-3H3. The summed E-state index contributed by atoms with van der Waals surface area (Å²) in [6.45, 7) is 4.71. The van der Waals surface area contributed by atoms with E-state index in [-0.39, 0.29) is 11.4 Å². The molecule has 0 aliphatic rings. The summed E-state index contributed by atoms with van der Waals surface area (Å²) in [7, 11) is 1.69. The van der Waals surface area contributed by atoms with Gasteiger partial charge in [0.15, 0.2) is 5.82 Å². The Labute approximate surface area is 234 Å². The van der Waals surface area contributed by atoms with Crippen LogP contribution < -0.4 is 4.90 Å². The number of alkyl halides is 3. The van der Waals surface area contributed by atoms with Gasteiger partial charge < -0.3 is 9.64 Å². The van der Waals surface area contributed by atoms with Crippen molar-refractivity contribution in [3.63, 3.8) is 0 Å². The van der Waals surface area contributed by atoms with Crippen LogP contribution in [0, 0.1) is 13.8 Å². The Balaban J connectivity index is 1.30. The predicted molar refractivity (Wildman–Crippen MR) is 148 cm³/mol. The first kappa shape index (κ1) is 27.9. The molecule has 0 fully saturated rings. The van der Waals surface area contributed by atoms with Gasteiger partial charge in [0, 0.05) is 24.5 Å². The number of amides is 1. The number of hydrogen-bond acceptors (Lipinski definition) is 6. The number of hydrogen-bond donors (Lipinski definition) is 0. The number of ether oxygens (including phenoxy) is 1. The summed E-state index contributed by atoms with van der Waals surface area (Å²) < 4.78 is 46.8. The van der Waals surface area contributed by atoms with Crippen LogP contribution in [0.4, 0.5) is 18.9 Å². The van der Waals surface area contributed by atoms with Crippen molar-refractivity contribution < 1.29 is 22.7 Å². The molecule has 0 radical (unpaired) electrons. The molecule has 5 aromatic rings. The Morgan fingerprint density at radius 3 is 2.51 bits per heavy atom. The van der Waals surface area contributed by atoms with Gasteiger partial charge in [0.25, 0.3) is 5.91 Å². The molecule has 41 heavy (non-hydrogen) atoms. The van der Waals surface area contributed by atoms with Gasteiger partial charge in [-0.2, -0.15) is 18.3 Å². The third-order valence-electron chi connectivity index (χ3n) is 6.64. The van der Waals surface area contributed by atoms with E-state index in [4.69, 9.17) is 4.74 Å². The van der Waals surface area contributed by atoms with E-state index in [9.17, 15) is 18.0 Å².